The highest BCUT2D eigenvalue weighted by molar-refractivity contribution is 5.66. The molecule has 1 aliphatic heterocycles. The summed E-state index contributed by atoms with van der Waals surface area (Å²) < 4.78 is 11.0. The third-order valence-electron chi connectivity index (χ3n) is 6.16. The van der Waals surface area contributed by atoms with Gasteiger partial charge in [-0.1, -0.05) is 36.4 Å². The van der Waals surface area contributed by atoms with Crippen LogP contribution in [0.2, 0.25) is 0 Å². The highest BCUT2D eigenvalue weighted by Gasteiger charge is 2.34. The van der Waals surface area contributed by atoms with Gasteiger partial charge in [0.2, 0.25) is 0 Å². The molecule has 2 aromatic carbocycles. The van der Waals surface area contributed by atoms with Crippen LogP contribution in [0, 0.1) is 0 Å². The first-order valence-electron chi connectivity index (χ1n) is 10.6. The van der Waals surface area contributed by atoms with Crippen molar-refractivity contribution in [2.45, 2.75) is 31.6 Å². The number of benzene rings is 2. The van der Waals surface area contributed by atoms with Gasteiger partial charge in [-0.25, -0.2) is 4.98 Å². The zero-order valence-electron chi connectivity index (χ0n) is 17.7. The maximum absolute atomic E-state index is 13.4. The molecule has 1 aliphatic carbocycles. The Morgan fingerprint density at radius 1 is 0.968 bits per heavy atom. The quantitative estimate of drug-likeness (QED) is 0.638. The van der Waals surface area contributed by atoms with Crippen molar-refractivity contribution < 1.29 is 9.47 Å². The molecule has 0 fully saturated rings. The zero-order chi connectivity index (χ0) is 21.4. The number of fused-ring (bicyclic) bond motifs is 1. The van der Waals surface area contributed by atoms with Gasteiger partial charge in [0.1, 0.15) is 11.6 Å². The van der Waals surface area contributed by atoms with Crippen molar-refractivity contribution in [2.75, 3.05) is 19.5 Å². The number of H-pyrrole nitrogens is 1. The van der Waals surface area contributed by atoms with E-state index in [0.29, 0.717) is 28.7 Å². The van der Waals surface area contributed by atoms with Gasteiger partial charge in [-0.05, 0) is 49.0 Å². The van der Waals surface area contributed by atoms with Crippen LogP contribution >= 0.6 is 0 Å². The first-order valence-corrected chi connectivity index (χ1v) is 10.6. The molecule has 0 bridgehead atoms. The van der Waals surface area contributed by atoms with Crippen LogP contribution in [0.4, 0.5) is 5.82 Å². The number of aromatic nitrogens is 2. The topological polar surface area (TPSA) is 76.2 Å². The van der Waals surface area contributed by atoms with Gasteiger partial charge in [0, 0.05) is 17.2 Å². The number of nitrogens with zero attached hydrogens (tertiary/aromatic N) is 1. The van der Waals surface area contributed by atoms with E-state index in [0.717, 1.165) is 36.8 Å². The van der Waals surface area contributed by atoms with Crippen molar-refractivity contribution in [1.29, 1.82) is 0 Å². The molecule has 2 aliphatic rings. The van der Waals surface area contributed by atoms with Gasteiger partial charge in [-0.2, -0.15) is 0 Å². The maximum Gasteiger partial charge on any atom is 0.257 e. The van der Waals surface area contributed by atoms with Crippen molar-refractivity contribution >= 4 is 5.82 Å². The summed E-state index contributed by atoms with van der Waals surface area (Å²) in [5.41, 5.74) is 4.90. The number of hydrogen-bond acceptors (Lipinski definition) is 5. The lowest BCUT2D eigenvalue weighted by Crippen LogP contribution is -2.29. The fourth-order valence-corrected chi connectivity index (χ4v) is 4.69. The van der Waals surface area contributed by atoms with E-state index in [-0.39, 0.29) is 11.5 Å². The van der Waals surface area contributed by atoms with Crippen molar-refractivity contribution in [3.05, 3.63) is 81.3 Å². The molecule has 158 valence electrons. The van der Waals surface area contributed by atoms with Crippen LogP contribution in [0.5, 0.6) is 11.5 Å². The SMILES string of the molecule is COc1ccc(C2C3=C(CCCC3)Nc3nc(-c4ccccc4)[nH]c(=O)c32)cc1OC. The average molecular weight is 415 g/mol. The summed E-state index contributed by atoms with van der Waals surface area (Å²) in [6.45, 7) is 0. The molecular formula is C25H25N3O3. The smallest absolute Gasteiger partial charge is 0.257 e. The first-order chi connectivity index (χ1) is 15.2. The lowest BCUT2D eigenvalue weighted by atomic mass is 9.77. The van der Waals surface area contributed by atoms with E-state index in [1.54, 1.807) is 14.2 Å². The Kier molecular flexibility index (Phi) is 4.98. The molecule has 2 heterocycles. The Hall–Kier alpha value is -3.54. The third-order valence-corrected chi connectivity index (χ3v) is 6.16. The predicted octanol–water partition coefficient (Wildman–Crippen LogP) is 4.84. The first kappa shape index (κ1) is 19.4. The van der Waals surface area contributed by atoms with Crippen molar-refractivity contribution in [3.8, 4) is 22.9 Å². The number of aromatic amines is 1. The van der Waals surface area contributed by atoms with Crippen molar-refractivity contribution in [2.24, 2.45) is 0 Å². The van der Waals surface area contributed by atoms with Crippen LogP contribution in [-0.2, 0) is 0 Å². The van der Waals surface area contributed by atoms with E-state index >= 15 is 0 Å². The van der Waals surface area contributed by atoms with E-state index in [9.17, 15) is 4.79 Å². The monoisotopic (exact) mass is 415 g/mol. The molecule has 1 unspecified atom stereocenters. The largest absolute Gasteiger partial charge is 0.493 e. The van der Waals surface area contributed by atoms with Gasteiger partial charge < -0.3 is 19.8 Å². The van der Waals surface area contributed by atoms with Crippen LogP contribution in [0.3, 0.4) is 0 Å². The minimum atomic E-state index is -0.160. The predicted molar refractivity (Wildman–Crippen MR) is 121 cm³/mol. The normalized spacial score (nSPS) is 17.4. The van der Waals surface area contributed by atoms with Gasteiger partial charge in [0.25, 0.3) is 5.56 Å². The molecule has 0 saturated heterocycles. The Labute approximate surface area is 181 Å². The van der Waals surface area contributed by atoms with E-state index in [4.69, 9.17) is 14.5 Å². The minimum absolute atomic E-state index is 0.117. The number of methoxy groups -OCH3 is 2. The Morgan fingerprint density at radius 3 is 2.52 bits per heavy atom. The maximum atomic E-state index is 13.4. The molecule has 1 atom stereocenters. The van der Waals surface area contributed by atoms with Gasteiger partial charge in [0.05, 0.1) is 19.8 Å². The average Bonchev–Trinajstić information content (AvgIpc) is 2.82. The number of nitrogens with one attached hydrogen (secondary N) is 2. The molecule has 6 nitrogen and oxygen atoms in total. The molecule has 5 rings (SSSR count). The van der Waals surface area contributed by atoms with Crippen LogP contribution in [0.25, 0.3) is 11.4 Å². The Balaban J connectivity index is 1.70. The number of allylic oxidation sites excluding steroid dienone is 2. The van der Waals surface area contributed by atoms with Gasteiger partial charge in [0.15, 0.2) is 11.5 Å². The fourth-order valence-electron chi connectivity index (χ4n) is 4.69. The summed E-state index contributed by atoms with van der Waals surface area (Å²) in [6.07, 6.45) is 4.18. The van der Waals surface area contributed by atoms with E-state index in [1.807, 2.05) is 48.5 Å². The number of ether oxygens (including phenoxy) is 2. The lowest BCUT2D eigenvalue weighted by molar-refractivity contribution is 0.354. The standard InChI is InChI=1S/C25H25N3O3/c1-30-19-13-12-16(14-20(19)31-2)21-17-10-6-7-11-18(17)26-24-22(21)25(29)28-23(27-24)15-8-4-3-5-9-15/h3-5,8-9,12-14,21H,6-7,10-11H2,1-2H3,(H2,26,27,28,29). The minimum Gasteiger partial charge on any atom is -0.493 e. The van der Waals surface area contributed by atoms with Crippen LogP contribution in [0.15, 0.2) is 64.6 Å². The zero-order valence-corrected chi connectivity index (χ0v) is 17.7. The highest BCUT2D eigenvalue weighted by atomic mass is 16.5. The molecule has 1 aromatic heterocycles. The number of hydrogen-bond donors (Lipinski definition) is 2. The molecule has 31 heavy (non-hydrogen) atoms. The molecule has 0 radical (unpaired) electrons. The summed E-state index contributed by atoms with van der Waals surface area (Å²) in [6, 6.07) is 15.6. The van der Waals surface area contributed by atoms with Gasteiger partial charge in [-0.15, -0.1) is 0 Å². The van der Waals surface area contributed by atoms with Crippen molar-refractivity contribution in [3.63, 3.8) is 0 Å². The van der Waals surface area contributed by atoms with Gasteiger partial charge >= 0.3 is 0 Å². The molecule has 0 saturated carbocycles. The highest BCUT2D eigenvalue weighted by Crippen LogP contribution is 2.46. The second-order valence-corrected chi connectivity index (χ2v) is 7.93. The number of anilines is 1. The summed E-state index contributed by atoms with van der Waals surface area (Å²) in [5.74, 6) is 2.38. The van der Waals surface area contributed by atoms with Crippen LogP contribution in [-0.4, -0.2) is 24.2 Å². The summed E-state index contributed by atoms with van der Waals surface area (Å²) in [5, 5.41) is 3.49. The fraction of sp³-hybridized carbons (Fsp3) is 0.280. The molecular weight excluding hydrogens is 390 g/mol. The van der Waals surface area contributed by atoms with Crippen LogP contribution < -0.4 is 20.3 Å². The van der Waals surface area contributed by atoms with Crippen molar-refractivity contribution in [1.82, 2.24) is 9.97 Å². The van der Waals surface area contributed by atoms with E-state index < -0.39 is 0 Å². The summed E-state index contributed by atoms with van der Waals surface area (Å²) in [4.78, 5) is 21.2. The molecule has 0 spiro atoms. The Morgan fingerprint density at radius 2 is 1.74 bits per heavy atom. The van der Waals surface area contributed by atoms with E-state index in [1.165, 1.54) is 11.3 Å². The summed E-state index contributed by atoms with van der Waals surface area (Å²) in [7, 11) is 3.25. The summed E-state index contributed by atoms with van der Waals surface area (Å²) >= 11 is 0. The Bertz CT molecular complexity index is 1210. The molecule has 6 heteroatoms. The second-order valence-electron chi connectivity index (χ2n) is 7.93. The second kappa shape index (κ2) is 7.95. The number of rotatable bonds is 4. The molecule has 3 aromatic rings. The lowest BCUT2D eigenvalue weighted by Gasteiger charge is -2.34. The van der Waals surface area contributed by atoms with E-state index in [2.05, 4.69) is 10.3 Å². The third kappa shape index (κ3) is 3.38. The van der Waals surface area contributed by atoms with Crippen LogP contribution in [0.1, 0.15) is 42.7 Å². The molecule has 2 N–H and O–H groups in total. The van der Waals surface area contributed by atoms with Gasteiger partial charge in [-0.3, -0.25) is 4.79 Å². The molecule has 0 amide bonds.